The molecule has 2 heterocycles. The monoisotopic (exact) mass is 310 g/mol. The lowest BCUT2D eigenvalue weighted by Gasteiger charge is -2.31. The maximum absolute atomic E-state index is 5.71. The standard InChI is InChI=1S/C17H18N4O2/c1-22-15-9-19-8-14(20-15)13-4-2-3-11-7-17(6-5-12(11)13)10-23-16(18)21-17/h2-4,8-9H,5-7,10H2,1H3,(H2,18,21). The minimum Gasteiger partial charge on any atom is -0.480 e. The predicted octanol–water partition coefficient (Wildman–Crippen LogP) is 1.72. The Labute approximate surface area is 134 Å². The highest BCUT2D eigenvalue weighted by Gasteiger charge is 2.39. The summed E-state index contributed by atoms with van der Waals surface area (Å²) in [4.78, 5) is 13.3. The smallest absolute Gasteiger partial charge is 0.282 e. The molecule has 0 saturated carbocycles. The van der Waals surface area contributed by atoms with Gasteiger partial charge in [-0.3, -0.25) is 4.98 Å². The number of aliphatic imine (C=N–C) groups is 1. The van der Waals surface area contributed by atoms with Crippen LogP contribution in [0.2, 0.25) is 0 Å². The number of methoxy groups -OCH3 is 1. The number of nitrogens with two attached hydrogens (primary N) is 1. The molecule has 1 aliphatic carbocycles. The highest BCUT2D eigenvalue weighted by atomic mass is 16.5. The van der Waals surface area contributed by atoms with Gasteiger partial charge in [-0.1, -0.05) is 18.2 Å². The molecule has 1 aromatic carbocycles. The normalized spacial score (nSPS) is 22.4. The van der Waals surface area contributed by atoms with Gasteiger partial charge in [-0.2, -0.15) is 0 Å². The van der Waals surface area contributed by atoms with E-state index in [1.54, 1.807) is 19.5 Å². The van der Waals surface area contributed by atoms with Crippen molar-refractivity contribution in [1.29, 1.82) is 0 Å². The van der Waals surface area contributed by atoms with Crippen LogP contribution < -0.4 is 10.5 Å². The van der Waals surface area contributed by atoms with Crippen molar-refractivity contribution in [2.45, 2.75) is 24.8 Å². The van der Waals surface area contributed by atoms with Gasteiger partial charge in [-0.25, -0.2) is 9.98 Å². The summed E-state index contributed by atoms with van der Waals surface area (Å²) in [5.41, 5.74) is 10.0. The SMILES string of the molecule is COc1cncc(-c2cccc3c2CCC2(COC(N)=N2)C3)n1. The Bertz CT molecular complexity index is 790. The summed E-state index contributed by atoms with van der Waals surface area (Å²) in [7, 11) is 1.60. The average Bonchev–Trinajstić information content (AvgIpc) is 2.94. The van der Waals surface area contributed by atoms with Gasteiger partial charge >= 0.3 is 0 Å². The van der Waals surface area contributed by atoms with Crippen molar-refractivity contribution >= 4 is 6.02 Å². The van der Waals surface area contributed by atoms with Crippen molar-refractivity contribution in [2.75, 3.05) is 13.7 Å². The van der Waals surface area contributed by atoms with Crippen LogP contribution in [0, 0.1) is 0 Å². The summed E-state index contributed by atoms with van der Waals surface area (Å²) in [6.45, 7) is 0.571. The summed E-state index contributed by atoms with van der Waals surface area (Å²) in [6.07, 6.45) is 6.08. The number of ether oxygens (including phenoxy) is 2. The number of amidine groups is 1. The minimum atomic E-state index is -0.199. The van der Waals surface area contributed by atoms with E-state index in [1.807, 2.05) is 0 Å². The number of rotatable bonds is 2. The molecule has 0 amide bonds. The van der Waals surface area contributed by atoms with E-state index in [0.717, 1.165) is 30.5 Å². The van der Waals surface area contributed by atoms with Gasteiger partial charge in [0.15, 0.2) is 0 Å². The van der Waals surface area contributed by atoms with Crippen molar-refractivity contribution in [3.63, 3.8) is 0 Å². The molecule has 1 atom stereocenters. The van der Waals surface area contributed by atoms with E-state index < -0.39 is 0 Å². The number of fused-ring (bicyclic) bond motifs is 1. The Morgan fingerprint density at radius 1 is 1.30 bits per heavy atom. The first-order valence-electron chi connectivity index (χ1n) is 7.64. The lowest BCUT2D eigenvalue weighted by molar-refractivity contribution is 0.235. The van der Waals surface area contributed by atoms with E-state index in [9.17, 15) is 0 Å². The Morgan fingerprint density at radius 2 is 2.22 bits per heavy atom. The van der Waals surface area contributed by atoms with E-state index in [4.69, 9.17) is 15.2 Å². The molecule has 1 spiro atoms. The molecule has 4 rings (SSSR count). The van der Waals surface area contributed by atoms with Crippen LogP contribution in [-0.4, -0.2) is 35.2 Å². The van der Waals surface area contributed by atoms with Gasteiger partial charge in [-0.05, 0) is 24.0 Å². The molecule has 0 fully saturated rings. The van der Waals surface area contributed by atoms with Crippen molar-refractivity contribution in [1.82, 2.24) is 9.97 Å². The lowest BCUT2D eigenvalue weighted by Crippen LogP contribution is -2.35. The molecule has 2 N–H and O–H groups in total. The summed E-state index contributed by atoms with van der Waals surface area (Å²) < 4.78 is 10.6. The number of aromatic nitrogens is 2. The van der Waals surface area contributed by atoms with E-state index in [2.05, 4.69) is 33.2 Å². The first kappa shape index (κ1) is 14.0. The molecule has 1 unspecified atom stereocenters. The van der Waals surface area contributed by atoms with Crippen LogP contribution in [0.25, 0.3) is 11.3 Å². The zero-order valence-electron chi connectivity index (χ0n) is 13.0. The number of hydrogen-bond acceptors (Lipinski definition) is 6. The molecule has 2 aromatic rings. The van der Waals surface area contributed by atoms with Gasteiger partial charge in [-0.15, -0.1) is 0 Å². The molecular formula is C17H18N4O2. The highest BCUT2D eigenvalue weighted by Crippen LogP contribution is 2.38. The Hall–Kier alpha value is -2.63. The second-order valence-corrected chi connectivity index (χ2v) is 6.03. The summed E-state index contributed by atoms with van der Waals surface area (Å²) in [5, 5.41) is 0. The molecule has 0 saturated heterocycles. The van der Waals surface area contributed by atoms with Crippen LogP contribution in [0.3, 0.4) is 0 Å². The van der Waals surface area contributed by atoms with Crippen LogP contribution in [0.5, 0.6) is 5.88 Å². The maximum atomic E-state index is 5.71. The Morgan fingerprint density at radius 3 is 3.00 bits per heavy atom. The average molecular weight is 310 g/mol. The van der Waals surface area contributed by atoms with E-state index in [1.165, 1.54) is 11.1 Å². The lowest BCUT2D eigenvalue weighted by atomic mass is 9.77. The minimum absolute atomic E-state index is 0.199. The van der Waals surface area contributed by atoms with Gasteiger partial charge in [0.2, 0.25) is 5.88 Å². The first-order chi connectivity index (χ1) is 11.2. The van der Waals surface area contributed by atoms with Gasteiger partial charge < -0.3 is 15.2 Å². The largest absolute Gasteiger partial charge is 0.480 e. The van der Waals surface area contributed by atoms with Gasteiger partial charge in [0.1, 0.15) is 12.1 Å². The fraction of sp³-hybridized carbons (Fsp3) is 0.353. The van der Waals surface area contributed by atoms with Crippen LogP contribution in [0.15, 0.2) is 35.6 Å². The molecule has 1 aromatic heterocycles. The molecule has 6 nitrogen and oxygen atoms in total. The Kier molecular flexibility index (Phi) is 3.18. The number of nitrogens with zero attached hydrogens (tertiary/aromatic N) is 3. The van der Waals surface area contributed by atoms with Crippen LogP contribution in [-0.2, 0) is 17.6 Å². The zero-order chi connectivity index (χ0) is 15.9. The zero-order valence-corrected chi connectivity index (χ0v) is 13.0. The fourth-order valence-corrected chi connectivity index (χ4v) is 3.44. The Balaban J connectivity index is 1.74. The fourth-order valence-electron chi connectivity index (χ4n) is 3.44. The topological polar surface area (TPSA) is 82.6 Å². The second kappa shape index (κ2) is 5.22. The maximum Gasteiger partial charge on any atom is 0.282 e. The van der Waals surface area contributed by atoms with E-state index in [-0.39, 0.29) is 5.54 Å². The van der Waals surface area contributed by atoms with Gasteiger partial charge in [0.05, 0.1) is 25.2 Å². The third-order valence-electron chi connectivity index (χ3n) is 4.57. The summed E-state index contributed by atoms with van der Waals surface area (Å²) in [6, 6.07) is 6.60. The van der Waals surface area contributed by atoms with Crippen molar-refractivity contribution in [3.8, 4) is 17.1 Å². The molecule has 0 bridgehead atoms. The third-order valence-corrected chi connectivity index (χ3v) is 4.57. The first-order valence-corrected chi connectivity index (χ1v) is 7.64. The number of hydrogen-bond donors (Lipinski definition) is 1. The molecule has 0 radical (unpaired) electrons. The quantitative estimate of drug-likeness (QED) is 0.913. The van der Waals surface area contributed by atoms with Gasteiger partial charge in [0.25, 0.3) is 6.02 Å². The summed E-state index contributed by atoms with van der Waals surface area (Å²) >= 11 is 0. The third kappa shape index (κ3) is 2.40. The van der Waals surface area contributed by atoms with Gasteiger partial charge in [0, 0.05) is 12.0 Å². The van der Waals surface area contributed by atoms with Crippen LogP contribution in [0.1, 0.15) is 17.5 Å². The van der Waals surface area contributed by atoms with Crippen molar-refractivity contribution in [3.05, 3.63) is 41.7 Å². The second-order valence-electron chi connectivity index (χ2n) is 6.03. The van der Waals surface area contributed by atoms with Crippen molar-refractivity contribution < 1.29 is 9.47 Å². The van der Waals surface area contributed by atoms with E-state index in [0.29, 0.717) is 18.5 Å². The molecule has 1 aliphatic heterocycles. The predicted molar refractivity (Wildman–Crippen MR) is 86.4 cm³/mol. The molecule has 118 valence electrons. The van der Waals surface area contributed by atoms with Crippen LogP contribution in [0.4, 0.5) is 0 Å². The van der Waals surface area contributed by atoms with E-state index >= 15 is 0 Å². The highest BCUT2D eigenvalue weighted by molar-refractivity contribution is 5.74. The molecule has 2 aliphatic rings. The number of benzene rings is 1. The molecular weight excluding hydrogens is 292 g/mol. The summed E-state index contributed by atoms with van der Waals surface area (Å²) in [5.74, 6) is 0.522. The molecule has 6 heteroatoms. The van der Waals surface area contributed by atoms with Crippen LogP contribution >= 0.6 is 0 Å². The molecule has 23 heavy (non-hydrogen) atoms. The van der Waals surface area contributed by atoms with Crippen molar-refractivity contribution in [2.24, 2.45) is 10.7 Å².